The molecule has 29 heavy (non-hydrogen) atoms. The van der Waals surface area contributed by atoms with Crippen LogP contribution in [0.5, 0.6) is 0 Å². The molecule has 2 heterocycles. The standard InChI is InChI=1S/C21H29N5OS.ClH/c1-14(2)26-13-10-17(23-26)20(27)25(12-7-11-24(5)6)21-22-19-16(4)15(3)8-9-18(19)28-21;/h8-10,13-14H,7,11-12H2,1-6H3;1H. The molecule has 6 nitrogen and oxygen atoms in total. The van der Waals surface area contributed by atoms with E-state index in [9.17, 15) is 4.79 Å². The number of carbonyl (C=O) groups is 1. The summed E-state index contributed by atoms with van der Waals surface area (Å²) in [5.41, 5.74) is 3.83. The largest absolute Gasteiger partial charge is 0.309 e. The third-order valence-corrected chi connectivity index (χ3v) is 5.94. The smallest absolute Gasteiger partial charge is 0.280 e. The van der Waals surface area contributed by atoms with Gasteiger partial charge in [0, 0.05) is 18.8 Å². The Labute approximate surface area is 182 Å². The minimum Gasteiger partial charge on any atom is -0.309 e. The number of halogens is 1. The molecule has 0 aliphatic heterocycles. The molecule has 0 aliphatic carbocycles. The molecule has 0 atom stereocenters. The van der Waals surface area contributed by atoms with Crippen molar-refractivity contribution in [2.45, 2.75) is 40.2 Å². The zero-order valence-electron chi connectivity index (χ0n) is 18.0. The molecular weight excluding hydrogens is 406 g/mol. The Hall–Kier alpha value is -1.96. The SMILES string of the molecule is Cc1ccc2sc(N(CCCN(C)C)C(=O)c3ccn(C(C)C)n3)nc2c1C.Cl. The van der Waals surface area contributed by atoms with Gasteiger partial charge < -0.3 is 4.90 Å². The lowest BCUT2D eigenvalue weighted by molar-refractivity contribution is 0.0980. The molecule has 0 saturated carbocycles. The van der Waals surface area contributed by atoms with E-state index in [1.807, 2.05) is 25.0 Å². The second-order valence-electron chi connectivity index (χ2n) is 7.74. The van der Waals surface area contributed by atoms with E-state index in [4.69, 9.17) is 4.98 Å². The van der Waals surface area contributed by atoms with Crippen LogP contribution < -0.4 is 4.90 Å². The van der Waals surface area contributed by atoms with Crippen LogP contribution in [-0.2, 0) is 0 Å². The lowest BCUT2D eigenvalue weighted by Gasteiger charge is -2.20. The van der Waals surface area contributed by atoms with Crippen LogP contribution >= 0.6 is 23.7 Å². The Kier molecular flexibility index (Phi) is 7.80. The Morgan fingerprint density at radius 3 is 2.52 bits per heavy atom. The maximum Gasteiger partial charge on any atom is 0.280 e. The Bertz CT molecular complexity index is 979. The van der Waals surface area contributed by atoms with Gasteiger partial charge in [-0.15, -0.1) is 12.4 Å². The van der Waals surface area contributed by atoms with Gasteiger partial charge in [0.05, 0.1) is 10.2 Å². The quantitative estimate of drug-likeness (QED) is 0.539. The second kappa shape index (κ2) is 9.69. The van der Waals surface area contributed by atoms with Crippen molar-refractivity contribution < 1.29 is 4.79 Å². The number of thiazole rings is 1. The minimum atomic E-state index is -0.0911. The van der Waals surface area contributed by atoms with Gasteiger partial charge in [0.15, 0.2) is 10.8 Å². The molecule has 8 heteroatoms. The fourth-order valence-corrected chi connectivity index (χ4v) is 4.09. The van der Waals surface area contributed by atoms with Gasteiger partial charge in [-0.05, 0) is 78.0 Å². The zero-order chi connectivity index (χ0) is 20.4. The van der Waals surface area contributed by atoms with Crippen LogP contribution in [0.2, 0.25) is 0 Å². The summed E-state index contributed by atoms with van der Waals surface area (Å²) < 4.78 is 2.92. The average Bonchev–Trinajstić information content (AvgIpc) is 3.28. The summed E-state index contributed by atoms with van der Waals surface area (Å²) in [4.78, 5) is 22.0. The number of aromatic nitrogens is 3. The normalized spacial score (nSPS) is 11.3. The van der Waals surface area contributed by atoms with E-state index >= 15 is 0 Å². The highest BCUT2D eigenvalue weighted by molar-refractivity contribution is 7.22. The zero-order valence-corrected chi connectivity index (χ0v) is 19.6. The van der Waals surface area contributed by atoms with Gasteiger partial charge in [-0.1, -0.05) is 17.4 Å². The molecule has 1 aromatic carbocycles. The first-order chi connectivity index (χ1) is 13.3. The van der Waals surface area contributed by atoms with Gasteiger partial charge in [0.2, 0.25) is 0 Å². The Morgan fingerprint density at radius 2 is 1.90 bits per heavy atom. The van der Waals surface area contributed by atoms with Gasteiger partial charge in [-0.3, -0.25) is 14.4 Å². The third kappa shape index (κ3) is 5.15. The molecule has 1 amide bonds. The van der Waals surface area contributed by atoms with E-state index in [1.165, 1.54) is 11.1 Å². The topological polar surface area (TPSA) is 54.3 Å². The van der Waals surface area contributed by atoms with Crippen molar-refractivity contribution in [3.8, 4) is 0 Å². The summed E-state index contributed by atoms with van der Waals surface area (Å²) >= 11 is 1.57. The summed E-state index contributed by atoms with van der Waals surface area (Å²) in [5, 5.41) is 5.22. The van der Waals surface area contributed by atoms with Gasteiger partial charge in [-0.2, -0.15) is 5.10 Å². The first-order valence-corrected chi connectivity index (χ1v) is 10.5. The molecule has 0 aliphatic rings. The van der Waals surface area contributed by atoms with Crippen molar-refractivity contribution in [1.82, 2.24) is 19.7 Å². The van der Waals surface area contributed by atoms with Crippen molar-refractivity contribution in [2.75, 3.05) is 32.1 Å². The van der Waals surface area contributed by atoms with Gasteiger partial charge in [0.25, 0.3) is 5.91 Å². The van der Waals surface area contributed by atoms with E-state index in [0.717, 1.165) is 28.3 Å². The number of nitrogens with zero attached hydrogens (tertiary/aromatic N) is 5. The molecule has 0 unspecified atom stereocenters. The van der Waals surface area contributed by atoms with Crippen molar-refractivity contribution in [3.63, 3.8) is 0 Å². The molecule has 3 aromatic rings. The Balaban J connectivity index is 0.00000300. The summed E-state index contributed by atoms with van der Waals surface area (Å²) in [6.45, 7) is 9.80. The fourth-order valence-electron chi connectivity index (χ4n) is 3.04. The van der Waals surface area contributed by atoms with Crippen LogP contribution in [0.15, 0.2) is 24.4 Å². The highest BCUT2D eigenvalue weighted by Crippen LogP contribution is 2.32. The summed E-state index contributed by atoms with van der Waals surface area (Å²) in [7, 11) is 4.08. The van der Waals surface area contributed by atoms with E-state index in [2.05, 4.69) is 49.8 Å². The van der Waals surface area contributed by atoms with Crippen LogP contribution in [0.4, 0.5) is 5.13 Å². The molecule has 0 saturated heterocycles. The van der Waals surface area contributed by atoms with Crippen LogP contribution in [0, 0.1) is 13.8 Å². The molecular formula is C21H30ClN5OS. The van der Waals surface area contributed by atoms with Gasteiger partial charge in [0.1, 0.15) is 0 Å². The number of aryl methyl sites for hydroxylation is 2. The van der Waals surface area contributed by atoms with E-state index in [1.54, 1.807) is 22.3 Å². The number of hydrogen-bond acceptors (Lipinski definition) is 5. The fraction of sp³-hybridized carbons (Fsp3) is 0.476. The summed E-state index contributed by atoms with van der Waals surface area (Å²) in [5.74, 6) is -0.0911. The molecule has 0 radical (unpaired) electrons. The monoisotopic (exact) mass is 435 g/mol. The molecule has 2 aromatic heterocycles. The highest BCUT2D eigenvalue weighted by atomic mass is 35.5. The number of hydrogen-bond donors (Lipinski definition) is 0. The Morgan fingerprint density at radius 1 is 1.17 bits per heavy atom. The molecule has 0 spiro atoms. The molecule has 158 valence electrons. The molecule has 0 N–H and O–H groups in total. The first kappa shape index (κ1) is 23.3. The molecule has 0 fully saturated rings. The number of amides is 1. The highest BCUT2D eigenvalue weighted by Gasteiger charge is 2.24. The van der Waals surface area contributed by atoms with Crippen LogP contribution in [0.1, 0.15) is 47.9 Å². The van der Waals surface area contributed by atoms with Crippen molar-refractivity contribution in [3.05, 3.63) is 41.2 Å². The number of anilines is 1. The number of benzene rings is 1. The van der Waals surface area contributed by atoms with E-state index < -0.39 is 0 Å². The summed E-state index contributed by atoms with van der Waals surface area (Å²) in [6, 6.07) is 6.22. The maximum absolute atomic E-state index is 13.3. The number of carbonyl (C=O) groups excluding carboxylic acids is 1. The van der Waals surface area contributed by atoms with E-state index in [-0.39, 0.29) is 24.4 Å². The van der Waals surface area contributed by atoms with Gasteiger partial charge in [-0.25, -0.2) is 4.98 Å². The minimum absolute atomic E-state index is 0. The van der Waals surface area contributed by atoms with Crippen molar-refractivity contribution in [1.29, 1.82) is 0 Å². The van der Waals surface area contributed by atoms with Crippen LogP contribution in [0.3, 0.4) is 0 Å². The predicted octanol–water partition coefficient (Wildman–Crippen LogP) is 4.71. The van der Waals surface area contributed by atoms with Crippen LogP contribution in [-0.4, -0.2) is 52.8 Å². The number of fused-ring (bicyclic) bond motifs is 1. The average molecular weight is 436 g/mol. The van der Waals surface area contributed by atoms with Crippen molar-refractivity contribution in [2.24, 2.45) is 0 Å². The molecule has 0 bridgehead atoms. The van der Waals surface area contributed by atoms with Crippen molar-refractivity contribution >= 4 is 45.0 Å². The summed E-state index contributed by atoms with van der Waals surface area (Å²) in [6.07, 6.45) is 2.74. The number of rotatable bonds is 7. The second-order valence-corrected chi connectivity index (χ2v) is 8.75. The molecule has 3 rings (SSSR count). The first-order valence-electron chi connectivity index (χ1n) is 9.66. The van der Waals surface area contributed by atoms with Crippen LogP contribution in [0.25, 0.3) is 10.2 Å². The maximum atomic E-state index is 13.3. The lowest BCUT2D eigenvalue weighted by Crippen LogP contribution is -2.33. The van der Waals surface area contributed by atoms with Gasteiger partial charge >= 0.3 is 0 Å². The third-order valence-electron chi connectivity index (χ3n) is 4.89. The predicted molar refractivity (Wildman–Crippen MR) is 124 cm³/mol. The lowest BCUT2D eigenvalue weighted by atomic mass is 10.1. The van der Waals surface area contributed by atoms with E-state index in [0.29, 0.717) is 12.2 Å².